The zero-order chi connectivity index (χ0) is 10.6. The van der Waals surface area contributed by atoms with Crippen LogP contribution in [0.5, 0.6) is 0 Å². The van der Waals surface area contributed by atoms with Crippen LogP contribution in [0.3, 0.4) is 0 Å². The van der Waals surface area contributed by atoms with Gasteiger partial charge in [0.1, 0.15) is 5.76 Å². The Balaban J connectivity index is -0.000000175. The predicted octanol–water partition coefficient (Wildman–Crippen LogP) is 4.24. The maximum Gasteiger partial charge on any atom is 0.111 e. The highest BCUT2D eigenvalue weighted by Crippen LogP contribution is 2.00. The molecule has 0 aromatic rings. The van der Waals surface area contributed by atoms with Gasteiger partial charge in [0.05, 0.1) is 0 Å². The van der Waals surface area contributed by atoms with Crippen molar-refractivity contribution < 1.29 is 5.11 Å². The molecular formula is C11H22O. The second kappa shape index (κ2) is 16.5. The van der Waals surface area contributed by atoms with Crippen molar-refractivity contribution in [1.82, 2.24) is 0 Å². The Bertz CT molecular complexity index is 132. The molecule has 0 heterocycles. The standard InChI is InChI=1S/C7H10O.2C2H6/c1-4-5-6(2)7(3)8;2*1-2/h4-5,8H,1,3H2,2H3;2*1-2H3/b6-5-;;. The lowest BCUT2D eigenvalue weighted by Crippen LogP contribution is -1.76. The fraction of sp³-hybridized carbons (Fsp3) is 0.455. The van der Waals surface area contributed by atoms with Crippen molar-refractivity contribution in [3.63, 3.8) is 0 Å². The Hall–Kier alpha value is -0.980. The largest absolute Gasteiger partial charge is 0.508 e. The molecule has 0 amide bonds. The summed E-state index contributed by atoms with van der Waals surface area (Å²) in [6.07, 6.45) is 3.30. The maximum atomic E-state index is 8.64. The first-order chi connectivity index (χ1) is 5.68. The van der Waals surface area contributed by atoms with Gasteiger partial charge in [-0.15, -0.1) is 0 Å². The minimum Gasteiger partial charge on any atom is -0.508 e. The van der Waals surface area contributed by atoms with E-state index < -0.39 is 0 Å². The van der Waals surface area contributed by atoms with Crippen molar-refractivity contribution in [2.45, 2.75) is 34.6 Å². The van der Waals surface area contributed by atoms with Crippen LogP contribution in [0.25, 0.3) is 0 Å². The van der Waals surface area contributed by atoms with E-state index in [0.29, 0.717) is 0 Å². The van der Waals surface area contributed by atoms with Gasteiger partial charge in [-0.2, -0.15) is 0 Å². The van der Waals surface area contributed by atoms with Crippen LogP contribution in [-0.2, 0) is 0 Å². The molecule has 0 saturated heterocycles. The number of hydrogen-bond donors (Lipinski definition) is 1. The van der Waals surface area contributed by atoms with Gasteiger partial charge in [0.2, 0.25) is 0 Å². The van der Waals surface area contributed by atoms with Crippen molar-refractivity contribution in [3.8, 4) is 0 Å². The molecule has 0 unspecified atom stereocenters. The number of aliphatic hydroxyl groups excluding tert-OH is 1. The molecule has 1 nitrogen and oxygen atoms in total. The lowest BCUT2D eigenvalue weighted by atomic mass is 10.2. The summed E-state index contributed by atoms with van der Waals surface area (Å²) >= 11 is 0. The summed E-state index contributed by atoms with van der Waals surface area (Å²) in [5, 5.41) is 8.64. The van der Waals surface area contributed by atoms with E-state index in [-0.39, 0.29) is 5.76 Å². The summed E-state index contributed by atoms with van der Waals surface area (Å²) in [5.41, 5.74) is 0.750. The first kappa shape index (κ1) is 17.2. The minimum atomic E-state index is 0.102. The van der Waals surface area contributed by atoms with Gasteiger partial charge in [-0.3, -0.25) is 0 Å². The van der Waals surface area contributed by atoms with E-state index in [1.807, 2.05) is 27.7 Å². The Morgan fingerprint density at radius 2 is 1.50 bits per heavy atom. The topological polar surface area (TPSA) is 20.2 Å². The summed E-state index contributed by atoms with van der Waals surface area (Å²) in [5.74, 6) is 0.102. The van der Waals surface area contributed by atoms with E-state index in [1.165, 1.54) is 0 Å². The van der Waals surface area contributed by atoms with Gasteiger partial charge in [0, 0.05) is 0 Å². The van der Waals surface area contributed by atoms with Crippen LogP contribution in [-0.4, -0.2) is 5.11 Å². The predicted molar refractivity (Wildman–Crippen MR) is 58.4 cm³/mol. The summed E-state index contributed by atoms with van der Waals surface area (Å²) < 4.78 is 0. The van der Waals surface area contributed by atoms with Crippen LogP contribution in [0.4, 0.5) is 0 Å². The van der Waals surface area contributed by atoms with Gasteiger partial charge in [0.15, 0.2) is 0 Å². The molecular weight excluding hydrogens is 148 g/mol. The number of hydrogen-bond acceptors (Lipinski definition) is 1. The summed E-state index contributed by atoms with van der Waals surface area (Å²) in [6, 6.07) is 0. The van der Waals surface area contributed by atoms with Crippen molar-refractivity contribution in [1.29, 1.82) is 0 Å². The Kier molecular flexibility index (Phi) is 23.7. The Morgan fingerprint density at radius 1 is 1.17 bits per heavy atom. The average Bonchev–Trinajstić information content (AvgIpc) is 2.12. The van der Waals surface area contributed by atoms with E-state index in [0.717, 1.165) is 5.57 Å². The summed E-state index contributed by atoms with van der Waals surface area (Å²) in [6.45, 7) is 16.5. The number of rotatable bonds is 2. The molecule has 1 N–H and O–H groups in total. The van der Waals surface area contributed by atoms with Gasteiger partial charge in [-0.05, 0) is 12.5 Å². The fourth-order valence-electron chi connectivity index (χ4n) is 0.273. The van der Waals surface area contributed by atoms with Crippen LogP contribution in [0.15, 0.2) is 36.6 Å². The molecule has 72 valence electrons. The van der Waals surface area contributed by atoms with Crippen molar-refractivity contribution in [2.75, 3.05) is 0 Å². The highest BCUT2D eigenvalue weighted by atomic mass is 16.3. The third kappa shape index (κ3) is 16.0. The molecule has 0 aliphatic heterocycles. The molecule has 0 bridgehead atoms. The van der Waals surface area contributed by atoms with Crippen LogP contribution in [0.2, 0.25) is 0 Å². The van der Waals surface area contributed by atoms with Crippen molar-refractivity contribution in [2.24, 2.45) is 0 Å². The average molecular weight is 170 g/mol. The monoisotopic (exact) mass is 170 g/mol. The zero-order valence-electron chi connectivity index (χ0n) is 9.02. The third-order valence-corrected chi connectivity index (χ3v) is 0.823. The van der Waals surface area contributed by atoms with Gasteiger partial charge >= 0.3 is 0 Å². The molecule has 0 aliphatic rings. The van der Waals surface area contributed by atoms with Gasteiger partial charge in [0.25, 0.3) is 0 Å². The van der Waals surface area contributed by atoms with Gasteiger partial charge < -0.3 is 5.11 Å². The van der Waals surface area contributed by atoms with Gasteiger partial charge in [-0.25, -0.2) is 0 Å². The van der Waals surface area contributed by atoms with Crippen molar-refractivity contribution in [3.05, 3.63) is 36.6 Å². The summed E-state index contributed by atoms with van der Waals surface area (Å²) in [7, 11) is 0. The molecule has 0 radical (unpaired) electrons. The van der Waals surface area contributed by atoms with E-state index in [1.54, 1.807) is 19.1 Å². The molecule has 1 heteroatoms. The van der Waals surface area contributed by atoms with Gasteiger partial charge in [-0.1, -0.05) is 53.0 Å². The first-order valence-corrected chi connectivity index (χ1v) is 4.36. The quantitative estimate of drug-likeness (QED) is 0.485. The molecule has 12 heavy (non-hydrogen) atoms. The fourth-order valence-corrected chi connectivity index (χ4v) is 0.273. The van der Waals surface area contributed by atoms with Crippen molar-refractivity contribution >= 4 is 0 Å². The minimum absolute atomic E-state index is 0.102. The molecule has 0 aromatic carbocycles. The number of allylic oxidation sites excluding steroid dienone is 3. The molecule has 0 fully saturated rings. The normalized spacial score (nSPS) is 8.25. The number of aliphatic hydroxyl groups is 1. The molecule has 0 aliphatic carbocycles. The molecule has 0 saturated carbocycles. The second-order valence-electron chi connectivity index (χ2n) is 1.53. The first-order valence-electron chi connectivity index (χ1n) is 4.36. The second-order valence-corrected chi connectivity index (χ2v) is 1.53. The molecule has 0 rings (SSSR count). The Labute approximate surface area is 77.1 Å². The van der Waals surface area contributed by atoms with E-state index in [4.69, 9.17) is 5.11 Å². The summed E-state index contributed by atoms with van der Waals surface area (Å²) in [4.78, 5) is 0. The van der Waals surface area contributed by atoms with E-state index in [2.05, 4.69) is 13.2 Å². The maximum absolute atomic E-state index is 8.64. The van der Waals surface area contributed by atoms with Crippen LogP contribution < -0.4 is 0 Å². The highest BCUT2D eigenvalue weighted by molar-refractivity contribution is 5.22. The molecule has 0 aromatic heterocycles. The highest BCUT2D eigenvalue weighted by Gasteiger charge is 1.85. The zero-order valence-corrected chi connectivity index (χ0v) is 9.02. The Morgan fingerprint density at radius 3 is 1.58 bits per heavy atom. The van der Waals surface area contributed by atoms with Crippen LogP contribution in [0, 0.1) is 0 Å². The molecule has 0 atom stereocenters. The lowest BCUT2D eigenvalue weighted by Gasteiger charge is -1.91. The van der Waals surface area contributed by atoms with E-state index >= 15 is 0 Å². The third-order valence-electron chi connectivity index (χ3n) is 0.823. The van der Waals surface area contributed by atoms with Crippen LogP contribution >= 0.6 is 0 Å². The van der Waals surface area contributed by atoms with E-state index in [9.17, 15) is 0 Å². The van der Waals surface area contributed by atoms with Crippen LogP contribution in [0.1, 0.15) is 34.6 Å². The smallest absolute Gasteiger partial charge is 0.111 e. The lowest BCUT2D eigenvalue weighted by molar-refractivity contribution is 0.426. The SMILES string of the molecule is C=C/C=C(/C)C(=C)O.CC.CC. The molecule has 0 spiro atoms.